The van der Waals surface area contributed by atoms with Gasteiger partial charge >= 0.3 is 0 Å². The van der Waals surface area contributed by atoms with E-state index in [1.807, 2.05) is 16.5 Å². The Labute approximate surface area is 121 Å². The van der Waals surface area contributed by atoms with Crippen LogP contribution >= 0.6 is 11.3 Å². The second-order valence-corrected chi connectivity index (χ2v) is 49.6. The van der Waals surface area contributed by atoms with Crippen molar-refractivity contribution in [1.82, 2.24) is 0 Å². The van der Waals surface area contributed by atoms with E-state index in [4.69, 9.17) is 0 Å². The van der Waals surface area contributed by atoms with Crippen LogP contribution < -0.4 is 5.19 Å². The van der Waals surface area contributed by atoms with Crippen molar-refractivity contribution in [2.45, 2.75) is 58.9 Å². The lowest BCUT2D eigenvalue weighted by Gasteiger charge is -2.57. The SMILES string of the molecule is C[Si](C)(C)[Si](c1ccsc1)([Si](C)(C)C)[Si](C)(C)C. The summed E-state index contributed by atoms with van der Waals surface area (Å²) in [7, 11) is -3.43. The molecule has 0 nitrogen and oxygen atoms in total. The lowest BCUT2D eigenvalue weighted by molar-refractivity contribution is 1.73. The van der Waals surface area contributed by atoms with E-state index in [1.165, 1.54) is 0 Å². The van der Waals surface area contributed by atoms with Crippen LogP contribution in [0, 0.1) is 0 Å². The van der Waals surface area contributed by atoms with E-state index in [0.29, 0.717) is 0 Å². The molecule has 0 atom stereocenters. The average Bonchev–Trinajstić information content (AvgIpc) is 2.48. The third-order valence-electron chi connectivity index (χ3n) is 4.33. The number of hydrogen-bond acceptors (Lipinski definition) is 1. The quantitative estimate of drug-likeness (QED) is 0.705. The highest BCUT2D eigenvalue weighted by Crippen LogP contribution is 2.36. The molecule has 0 aliphatic carbocycles. The largest absolute Gasteiger partial charge is 0.153 e. The Morgan fingerprint density at radius 2 is 1.11 bits per heavy atom. The first-order chi connectivity index (χ1) is 7.86. The Balaban J connectivity index is 3.70. The summed E-state index contributed by atoms with van der Waals surface area (Å²) in [5.74, 6) is 0. The predicted molar refractivity (Wildman–Crippen MR) is 99.7 cm³/mol. The van der Waals surface area contributed by atoms with Crippen molar-refractivity contribution in [2.75, 3.05) is 0 Å². The fourth-order valence-electron chi connectivity index (χ4n) is 5.15. The summed E-state index contributed by atoms with van der Waals surface area (Å²) in [6.07, 6.45) is 0. The molecule has 0 saturated carbocycles. The first-order valence-electron chi connectivity index (χ1n) is 6.88. The minimum absolute atomic E-state index is 1.14. The summed E-state index contributed by atoms with van der Waals surface area (Å²) in [6, 6.07) is 2.49. The molecular formula is C13H30SSi4. The van der Waals surface area contributed by atoms with Crippen LogP contribution in [0.1, 0.15) is 0 Å². The Morgan fingerprint density at radius 3 is 1.33 bits per heavy atom. The fraction of sp³-hybridized carbons (Fsp3) is 0.692. The monoisotopic (exact) mass is 330 g/mol. The van der Waals surface area contributed by atoms with Crippen LogP contribution in [-0.4, -0.2) is 29.4 Å². The molecule has 104 valence electrons. The summed E-state index contributed by atoms with van der Waals surface area (Å²) in [4.78, 5) is 0. The fourth-order valence-corrected chi connectivity index (χ4v) is 108. The molecule has 1 heterocycles. The van der Waals surface area contributed by atoms with Crippen LogP contribution in [0.5, 0.6) is 0 Å². The first-order valence-corrected chi connectivity index (χ1v) is 23.3. The van der Waals surface area contributed by atoms with Gasteiger partial charge in [0, 0.05) is 22.8 Å². The molecule has 1 rings (SSSR count). The maximum Gasteiger partial charge on any atom is 0.0696 e. The topological polar surface area (TPSA) is 0 Å². The van der Waals surface area contributed by atoms with E-state index >= 15 is 0 Å². The van der Waals surface area contributed by atoms with E-state index < -0.39 is 29.4 Å². The van der Waals surface area contributed by atoms with Gasteiger partial charge in [0.05, 0.1) is 6.63 Å². The molecule has 0 spiro atoms. The number of hydrogen-bond donors (Lipinski definition) is 0. The van der Waals surface area contributed by atoms with Gasteiger partial charge in [0.15, 0.2) is 0 Å². The van der Waals surface area contributed by atoms with Crippen LogP contribution in [0.4, 0.5) is 0 Å². The lowest BCUT2D eigenvalue weighted by Crippen LogP contribution is -2.88. The number of thiophene rings is 1. The lowest BCUT2D eigenvalue weighted by atomic mass is 10.7. The van der Waals surface area contributed by atoms with Crippen molar-refractivity contribution in [2.24, 2.45) is 0 Å². The predicted octanol–water partition coefficient (Wildman–Crippen LogP) is 4.65. The highest BCUT2D eigenvalue weighted by molar-refractivity contribution is 7.92. The van der Waals surface area contributed by atoms with Gasteiger partial charge < -0.3 is 0 Å². The second kappa shape index (κ2) is 4.84. The zero-order valence-electron chi connectivity index (χ0n) is 13.6. The van der Waals surface area contributed by atoms with E-state index in [0.717, 1.165) is 0 Å². The summed E-state index contributed by atoms with van der Waals surface area (Å²) in [5, 5.41) is 6.66. The normalized spacial score (nSPS) is 14.9. The molecule has 5 heteroatoms. The molecule has 0 amide bonds. The summed E-state index contributed by atoms with van der Waals surface area (Å²) in [6.45, 7) is 22.6. The van der Waals surface area contributed by atoms with Crippen LogP contribution in [0.3, 0.4) is 0 Å². The van der Waals surface area contributed by atoms with Crippen LogP contribution in [0.15, 0.2) is 16.8 Å². The molecule has 0 aromatic carbocycles. The maximum atomic E-state index is 2.66. The molecule has 0 fully saturated rings. The number of rotatable bonds is 4. The molecule has 18 heavy (non-hydrogen) atoms. The van der Waals surface area contributed by atoms with Gasteiger partial charge in [-0.1, -0.05) is 70.2 Å². The Morgan fingerprint density at radius 1 is 0.722 bits per heavy atom. The average molecular weight is 331 g/mol. The Hall–Kier alpha value is 0.568. The summed E-state index contributed by atoms with van der Waals surface area (Å²) < 4.78 is 0. The van der Waals surface area contributed by atoms with Gasteiger partial charge in [-0.3, -0.25) is 0 Å². The van der Waals surface area contributed by atoms with Gasteiger partial charge in [0.2, 0.25) is 0 Å². The van der Waals surface area contributed by atoms with Gasteiger partial charge in [0.1, 0.15) is 0 Å². The van der Waals surface area contributed by atoms with Gasteiger partial charge in [-0.25, -0.2) is 0 Å². The van der Waals surface area contributed by atoms with Crippen LogP contribution in [0.25, 0.3) is 0 Å². The van der Waals surface area contributed by atoms with E-state index in [2.05, 4.69) is 75.7 Å². The van der Waals surface area contributed by atoms with Crippen molar-refractivity contribution in [3.05, 3.63) is 16.8 Å². The minimum atomic E-state index is -1.30. The Kier molecular flexibility index (Phi) is 4.47. The molecule has 1 aromatic rings. The van der Waals surface area contributed by atoms with Crippen LogP contribution in [0.2, 0.25) is 58.9 Å². The van der Waals surface area contributed by atoms with E-state index in [9.17, 15) is 0 Å². The zero-order valence-corrected chi connectivity index (χ0v) is 18.5. The summed E-state index contributed by atoms with van der Waals surface area (Å²) >= 11 is 1.92. The highest BCUT2D eigenvalue weighted by Gasteiger charge is 2.62. The van der Waals surface area contributed by atoms with Gasteiger partial charge in [-0.15, -0.1) is 0 Å². The van der Waals surface area contributed by atoms with Gasteiger partial charge in [-0.05, 0) is 10.8 Å². The maximum absolute atomic E-state index is 2.66. The third kappa shape index (κ3) is 2.44. The van der Waals surface area contributed by atoms with Crippen LogP contribution in [-0.2, 0) is 0 Å². The molecule has 0 unspecified atom stereocenters. The molecule has 0 saturated heterocycles. The van der Waals surface area contributed by atoms with Crippen molar-refractivity contribution in [3.8, 4) is 0 Å². The Bertz CT molecular complexity index is 354. The van der Waals surface area contributed by atoms with Crippen molar-refractivity contribution >= 4 is 45.9 Å². The smallest absolute Gasteiger partial charge is 0.0696 e. The first kappa shape index (κ1) is 16.6. The van der Waals surface area contributed by atoms with Crippen molar-refractivity contribution in [1.29, 1.82) is 0 Å². The minimum Gasteiger partial charge on any atom is -0.153 e. The molecule has 1 aromatic heterocycles. The van der Waals surface area contributed by atoms with Crippen molar-refractivity contribution in [3.63, 3.8) is 0 Å². The molecular weight excluding hydrogens is 301 g/mol. The van der Waals surface area contributed by atoms with Gasteiger partial charge in [0.25, 0.3) is 0 Å². The van der Waals surface area contributed by atoms with Crippen molar-refractivity contribution < 1.29 is 0 Å². The second-order valence-electron chi connectivity index (χ2n) is 8.51. The molecule has 0 aliphatic heterocycles. The molecule has 0 aliphatic rings. The van der Waals surface area contributed by atoms with Gasteiger partial charge in [-0.2, -0.15) is 11.3 Å². The molecule has 0 bridgehead atoms. The molecule has 0 N–H and O–H groups in total. The summed E-state index contributed by atoms with van der Waals surface area (Å²) in [5.41, 5.74) is 0. The highest BCUT2D eigenvalue weighted by atomic mass is 32.1. The van der Waals surface area contributed by atoms with E-state index in [-0.39, 0.29) is 0 Å². The molecule has 0 radical (unpaired) electrons. The van der Waals surface area contributed by atoms with E-state index in [1.54, 1.807) is 0 Å². The standard InChI is InChI=1S/C13H30SSi4/c1-15(2,3)18(16(4,5)6,17(7,8)9)13-10-11-14-12-13/h10-12H,1-9H3. The third-order valence-corrected chi connectivity index (χ3v) is 76.5. The zero-order chi connectivity index (χ0) is 14.4.